The van der Waals surface area contributed by atoms with E-state index in [0.717, 1.165) is 37.0 Å². The van der Waals surface area contributed by atoms with Gasteiger partial charge in [-0.15, -0.1) is 0 Å². The van der Waals surface area contributed by atoms with Gasteiger partial charge in [0.15, 0.2) is 0 Å². The van der Waals surface area contributed by atoms with Gasteiger partial charge in [0.25, 0.3) is 0 Å². The van der Waals surface area contributed by atoms with E-state index in [1.54, 1.807) is 6.08 Å². The zero-order chi connectivity index (χ0) is 23.5. The van der Waals surface area contributed by atoms with Crippen molar-refractivity contribution in [3.63, 3.8) is 0 Å². The smallest absolute Gasteiger partial charge is 0.330 e. The third-order valence-corrected chi connectivity index (χ3v) is 7.12. The number of ether oxygens (including phenoxy) is 2. The summed E-state index contributed by atoms with van der Waals surface area (Å²) in [6, 6.07) is 26.6. The number of hydrogen-bond donors (Lipinski definition) is 0. The first-order chi connectivity index (χ1) is 16.6. The van der Waals surface area contributed by atoms with E-state index < -0.39 is 0 Å². The van der Waals surface area contributed by atoms with Crippen molar-refractivity contribution in [1.29, 1.82) is 0 Å². The van der Waals surface area contributed by atoms with Crippen LogP contribution in [0.25, 0.3) is 0 Å². The van der Waals surface area contributed by atoms with E-state index in [9.17, 15) is 4.79 Å². The van der Waals surface area contributed by atoms with Crippen LogP contribution in [0, 0.1) is 6.92 Å². The molecule has 3 heteroatoms. The van der Waals surface area contributed by atoms with Crippen LogP contribution in [0.2, 0.25) is 0 Å². The average molecular weight is 453 g/mol. The summed E-state index contributed by atoms with van der Waals surface area (Å²) in [7, 11) is 0. The van der Waals surface area contributed by atoms with E-state index in [-0.39, 0.29) is 12.1 Å². The highest BCUT2D eigenvalue weighted by Crippen LogP contribution is 2.46. The highest BCUT2D eigenvalue weighted by atomic mass is 16.5. The maximum atomic E-state index is 11.6. The lowest BCUT2D eigenvalue weighted by atomic mass is 9.69. The Hall–Kier alpha value is -3.33. The van der Waals surface area contributed by atoms with Gasteiger partial charge in [0.2, 0.25) is 0 Å². The third-order valence-electron chi connectivity index (χ3n) is 7.12. The van der Waals surface area contributed by atoms with E-state index in [1.165, 1.54) is 27.8 Å². The molecular formula is C31H32O3. The molecule has 3 nitrogen and oxygen atoms in total. The van der Waals surface area contributed by atoms with Gasteiger partial charge in [-0.1, -0.05) is 71.8 Å². The Balaban J connectivity index is 1.34. The van der Waals surface area contributed by atoms with Crippen molar-refractivity contribution >= 4 is 5.97 Å². The fourth-order valence-electron chi connectivity index (χ4n) is 5.44. The van der Waals surface area contributed by atoms with Gasteiger partial charge in [-0.2, -0.15) is 0 Å². The summed E-state index contributed by atoms with van der Waals surface area (Å²) in [5.74, 6) is 1.44. The summed E-state index contributed by atoms with van der Waals surface area (Å²) >= 11 is 0. The zero-order valence-electron chi connectivity index (χ0n) is 20.0. The molecule has 0 amide bonds. The molecule has 0 unspecified atom stereocenters. The molecule has 0 heterocycles. The zero-order valence-corrected chi connectivity index (χ0v) is 20.0. The maximum absolute atomic E-state index is 11.6. The molecule has 0 saturated heterocycles. The minimum Gasteiger partial charge on any atom is -0.490 e. The van der Waals surface area contributed by atoms with E-state index in [0.29, 0.717) is 18.4 Å². The Labute approximate surface area is 202 Å². The molecular weight excluding hydrogens is 420 g/mol. The molecule has 3 aromatic carbocycles. The molecule has 174 valence electrons. The van der Waals surface area contributed by atoms with Crippen LogP contribution in [0.15, 0.2) is 84.4 Å². The molecule has 2 atom stereocenters. The van der Waals surface area contributed by atoms with Gasteiger partial charge in [-0.25, -0.2) is 4.79 Å². The molecule has 0 aliphatic heterocycles. The highest BCUT2D eigenvalue weighted by molar-refractivity contribution is 5.83. The lowest BCUT2D eigenvalue weighted by molar-refractivity contribution is -0.137. The summed E-state index contributed by atoms with van der Waals surface area (Å²) in [6.07, 6.45) is 5.58. The molecule has 1 saturated carbocycles. The van der Waals surface area contributed by atoms with Crippen LogP contribution in [0.1, 0.15) is 65.8 Å². The van der Waals surface area contributed by atoms with Gasteiger partial charge in [0.1, 0.15) is 11.9 Å². The van der Waals surface area contributed by atoms with Crippen molar-refractivity contribution in [2.45, 2.75) is 57.5 Å². The number of aryl methyl sites for hydroxylation is 2. The molecule has 0 N–H and O–H groups in total. The summed E-state index contributed by atoms with van der Waals surface area (Å²) in [6.45, 7) is 4.41. The van der Waals surface area contributed by atoms with Crippen molar-refractivity contribution in [2.75, 3.05) is 6.61 Å². The van der Waals surface area contributed by atoms with Crippen molar-refractivity contribution in [1.82, 2.24) is 0 Å². The molecule has 34 heavy (non-hydrogen) atoms. The van der Waals surface area contributed by atoms with Gasteiger partial charge < -0.3 is 9.47 Å². The maximum Gasteiger partial charge on any atom is 0.330 e. The van der Waals surface area contributed by atoms with Crippen LogP contribution < -0.4 is 4.74 Å². The summed E-state index contributed by atoms with van der Waals surface area (Å²) in [4.78, 5) is 11.6. The number of fused-ring (bicyclic) bond motifs is 1. The lowest BCUT2D eigenvalue weighted by Crippen LogP contribution is -2.28. The van der Waals surface area contributed by atoms with Gasteiger partial charge in [-0.3, -0.25) is 0 Å². The molecule has 5 rings (SSSR count). The minimum absolute atomic E-state index is 0.127. The predicted molar refractivity (Wildman–Crippen MR) is 135 cm³/mol. The van der Waals surface area contributed by atoms with Crippen molar-refractivity contribution in [3.8, 4) is 5.75 Å². The Morgan fingerprint density at radius 2 is 1.74 bits per heavy atom. The van der Waals surface area contributed by atoms with E-state index >= 15 is 0 Å². The van der Waals surface area contributed by atoms with E-state index in [2.05, 4.69) is 79.7 Å². The minimum atomic E-state index is -0.253. The molecule has 2 aliphatic rings. The monoisotopic (exact) mass is 452 g/mol. The van der Waals surface area contributed by atoms with Crippen LogP contribution >= 0.6 is 0 Å². The lowest BCUT2D eigenvalue weighted by Gasteiger charge is -2.35. The summed E-state index contributed by atoms with van der Waals surface area (Å²) in [5, 5.41) is 0. The van der Waals surface area contributed by atoms with Crippen LogP contribution in [0.5, 0.6) is 5.75 Å². The summed E-state index contributed by atoms with van der Waals surface area (Å²) in [5.41, 5.74) is 8.10. The molecule has 3 aromatic rings. The first-order valence-corrected chi connectivity index (χ1v) is 12.4. The fraction of sp³-hybridized carbons (Fsp3) is 0.323. The van der Waals surface area contributed by atoms with Gasteiger partial charge >= 0.3 is 5.97 Å². The Bertz CT molecular complexity index is 1170. The Morgan fingerprint density at radius 1 is 0.971 bits per heavy atom. The SMILES string of the molecule is CCOC(=O)C=C1CC(Oc2ccc([C@@H]3c4ccc(C)cc4CC[C@@H]3c3ccccc3)cc2)C1. The van der Waals surface area contributed by atoms with Crippen LogP contribution in [-0.4, -0.2) is 18.7 Å². The van der Waals surface area contributed by atoms with Crippen LogP contribution in [0.4, 0.5) is 0 Å². The molecule has 0 radical (unpaired) electrons. The van der Waals surface area contributed by atoms with Gasteiger partial charge in [-0.05, 0) is 67.0 Å². The van der Waals surface area contributed by atoms with Crippen LogP contribution in [-0.2, 0) is 16.0 Å². The topological polar surface area (TPSA) is 35.5 Å². The fourth-order valence-corrected chi connectivity index (χ4v) is 5.44. The molecule has 0 aromatic heterocycles. The second-order valence-electron chi connectivity index (χ2n) is 9.51. The molecule has 1 fully saturated rings. The molecule has 0 spiro atoms. The Kier molecular flexibility index (Phi) is 6.53. The quantitative estimate of drug-likeness (QED) is 0.302. The number of benzene rings is 3. The van der Waals surface area contributed by atoms with E-state index in [4.69, 9.17) is 9.47 Å². The van der Waals surface area contributed by atoms with Crippen molar-refractivity contribution in [2.24, 2.45) is 0 Å². The largest absolute Gasteiger partial charge is 0.490 e. The standard InChI is InChI=1S/C31H32O3/c1-3-33-30(32)20-22-18-27(19-22)34-26-13-10-24(11-14-26)31-28(23-7-5-4-6-8-23)16-12-25-17-21(2)9-15-29(25)31/h4-11,13-15,17,20,27-28,31H,3,12,16,18-19H2,1-2H3/t27?,28-,31+/m1/s1. The molecule has 2 aliphatic carbocycles. The number of carbonyl (C=O) groups is 1. The predicted octanol–water partition coefficient (Wildman–Crippen LogP) is 6.89. The first kappa shape index (κ1) is 22.5. The van der Waals surface area contributed by atoms with Crippen molar-refractivity contribution in [3.05, 3.63) is 112 Å². The first-order valence-electron chi connectivity index (χ1n) is 12.4. The molecule has 0 bridgehead atoms. The third kappa shape index (κ3) is 4.79. The second kappa shape index (κ2) is 9.89. The van der Waals surface area contributed by atoms with Gasteiger partial charge in [0.05, 0.1) is 6.61 Å². The number of rotatable bonds is 6. The van der Waals surface area contributed by atoms with Gasteiger partial charge in [0, 0.05) is 24.8 Å². The number of carbonyl (C=O) groups excluding carboxylic acids is 1. The second-order valence-corrected chi connectivity index (χ2v) is 9.51. The van der Waals surface area contributed by atoms with E-state index in [1.807, 2.05) is 6.92 Å². The average Bonchev–Trinajstić information content (AvgIpc) is 2.83. The number of esters is 1. The summed E-state index contributed by atoms with van der Waals surface area (Å²) < 4.78 is 11.2. The highest BCUT2D eigenvalue weighted by Gasteiger charge is 2.32. The van der Waals surface area contributed by atoms with Crippen LogP contribution in [0.3, 0.4) is 0 Å². The Morgan fingerprint density at radius 3 is 2.47 bits per heavy atom. The normalized spacial score (nSPS) is 21.2. The number of hydrogen-bond acceptors (Lipinski definition) is 3. The van der Waals surface area contributed by atoms with Crippen molar-refractivity contribution < 1.29 is 14.3 Å².